The van der Waals surface area contributed by atoms with E-state index in [1.54, 1.807) is 0 Å². The van der Waals surface area contributed by atoms with Gasteiger partial charge in [-0.1, -0.05) is 36.4 Å². The zero-order valence-electron chi connectivity index (χ0n) is 15.1. The average molecular weight is 339 g/mol. The molecule has 0 spiro atoms. The molecule has 0 N–H and O–H groups in total. The van der Waals surface area contributed by atoms with Crippen molar-refractivity contribution in [3.63, 3.8) is 0 Å². The van der Waals surface area contributed by atoms with E-state index in [-0.39, 0.29) is 12.1 Å². The second-order valence-electron chi connectivity index (χ2n) is 6.60. The molecule has 0 aromatic heterocycles. The molecule has 132 valence electrons. The maximum Gasteiger partial charge on any atom is 0.338 e. The Morgan fingerprint density at radius 3 is 2.68 bits per heavy atom. The van der Waals surface area contributed by atoms with E-state index in [2.05, 4.69) is 35.2 Å². The zero-order chi connectivity index (χ0) is 17.8. The Balaban J connectivity index is 1.77. The van der Waals surface area contributed by atoms with Crippen LogP contribution in [0.4, 0.5) is 0 Å². The Hall–Kier alpha value is -2.17. The minimum atomic E-state index is -0.289. The first-order chi connectivity index (χ1) is 12.1. The monoisotopic (exact) mass is 339 g/mol. The third-order valence-corrected chi connectivity index (χ3v) is 4.76. The largest absolute Gasteiger partial charge is 0.465 e. The van der Waals surface area contributed by atoms with Crippen LogP contribution in [0.25, 0.3) is 0 Å². The molecule has 2 aromatic rings. The minimum Gasteiger partial charge on any atom is -0.465 e. The summed E-state index contributed by atoms with van der Waals surface area (Å²) in [6.07, 6.45) is 0.0304. The summed E-state index contributed by atoms with van der Waals surface area (Å²) >= 11 is 0. The van der Waals surface area contributed by atoms with E-state index in [1.165, 1.54) is 12.7 Å². The quantitative estimate of drug-likeness (QED) is 0.797. The predicted molar refractivity (Wildman–Crippen MR) is 97.7 cm³/mol. The molecule has 25 heavy (non-hydrogen) atoms. The van der Waals surface area contributed by atoms with E-state index in [4.69, 9.17) is 9.47 Å². The summed E-state index contributed by atoms with van der Waals surface area (Å²) < 4.78 is 10.9. The Morgan fingerprint density at radius 2 is 1.96 bits per heavy atom. The molecular weight excluding hydrogens is 314 g/mol. The lowest BCUT2D eigenvalue weighted by Gasteiger charge is -2.34. The standard InChI is InChI=1S/C21H25NO3/c1-15-12-19(21(23)24-3)16(2)11-18(15)20-14-22(9-10-25-20)13-17-7-5-4-6-8-17/h4-8,11-12,20H,9-10,13-14H2,1-3H3. The van der Waals surface area contributed by atoms with Crippen molar-refractivity contribution in [3.05, 3.63) is 70.3 Å². The zero-order valence-corrected chi connectivity index (χ0v) is 15.1. The van der Waals surface area contributed by atoms with Crippen LogP contribution >= 0.6 is 0 Å². The third-order valence-electron chi connectivity index (χ3n) is 4.76. The molecule has 0 saturated carbocycles. The van der Waals surface area contributed by atoms with Gasteiger partial charge in [0.1, 0.15) is 0 Å². The highest BCUT2D eigenvalue weighted by molar-refractivity contribution is 5.91. The van der Waals surface area contributed by atoms with Crippen LogP contribution in [0.3, 0.4) is 0 Å². The Morgan fingerprint density at radius 1 is 1.20 bits per heavy atom. The summed E-state index contributed by atoms with van der Waals surface area (Å²) in [5.74, 6) is -0.289. The van der Waals surface area contributed by atoms with Crippen LogP contribution in [-0.4, -0.2) is 37.7 Å². The number of rotatable bonds is 4. The van der Waals surface area contributed by atoms with Gasteiger partial charge in [-0.3, -0.25) is 4.90 Å². The lowest BCUT2D eigenvalue weighted by Crippen LogP contribution is -2.38. The van der Waals surface area contributed by atoms with Crippen LogP contribution in [-0.2, 0) is 16.0 Å². The molecule has 0 amide bonds. The van der Waals surface area contributed by atoms with Gasteiger partial charge in [-0.2, -0.15) is 0 Å². The number of hydrogen-bond donors (Lipinski definition) is 0. The van der Waals surface area contributed by atoms with E-state index < -0.39 is 0 Å². The number of hydrogen-bond acceptors (Lipinski definition) is 4. The first kappa shape index (κ1) is 17.6. The smallest absolute Gasteiger partial charge is 0.338 e. The molecule has 2 aromatic carbocycles. The number of carbonyl (C=O) groups is 1. The van der Waals surface area contributed by atoms with Crippen LogP contribution in [0.15, 0.2) is 42.5 Å². The molecule has 4 nitrogen and oxygen atoms in total. The van der Waals surface area contributed by atoms with Crippen LogP contribution in [0.2, 0.25) is 0 Å². The SMILES string of the molecule is COC(=O)c1cc(C)c(C2CN(Cc3ccccc3)CCO2)cc1C. The van der Waals surface area contributed by atoms with Crippen molar-refractivity contribution in [3.8, 4) is 0 Å². The van der Waals surface area contributed by atoms with Crippen molar-refractivity contribution >= 4 is 5.97 Å². The lowest BCUT2D eigenvalue weighted by molar-refractivity contribution is -0.0332. The molecule has 1 aliphatic rings. The van der Waals surface area contributed by atoms with E-state index in [0.717, 1.165) is 42.9 Å². The van der Waals surface area contributed by atoms with Crippen LogP contribution in [0, 0.1) is 13.8 Å². The van der Waals surface area contributed by atoms with E-state index in [9.17, 15) is 4.79 Å². The number of morpholine rings is 1. The highest BCUT2D eigenvalue weighted by Gasteiger charge is 2.24. The molecule has 1 heterocycles. The van der Waals surface area contributed by atoms with Gasteiger partial charge in [-0.05, 0) is 42.2 Å². The number of esters is 1. The molecule has 0 radical (unpaired) electrons. The summed E-state index contributed by atoms with van der Waals surface area (Å²) in [6.45, 7) is 7.41. The van der Waals surface area contributed by atoms with Gasteiger partial charge in [-0.15, -0.1) is 0 Å². The topological polar surface area (TPSA) is 38.8 Å². The van der Waals surface area contributed by atoms with Crippen molar-refractivity contribution in [2.75, 3.05) is 26.8 Å². The van der Waals surface area contributed by atoms with Crippen LogP contribution < -0.4 is 0 Å². The van der Waals surface area contributed by atoms with Crippen molar-refractivity contribution in [1.29, 1.82) is 0 Å². The Bertz CT molecular complexity index is 742. The number of methoxy groups -OCH3 is 1. The number of carbonyl (C=O) groups excluding carboxylic acids is 1. The van der Waals surface area contributed by atoms with Crippen molar-refractivity contribution < 1.29 is 14.3 Å². The first-order valence-corrected chi connectivity index (χ1v) is 8.66. The summed E-state index contributed by atoms with van der Waals surface area (Å²) in [7, 11) is 1.41. The van der Waals surface area contributed by atoms with Gasteiger partial charge in [0.15, 0.2) is 0 Å². The summed E-state index contributed by atoms with van der Waals surface area (Å²) in [6, 6.07) is 14.5. The lowest BCUT2D eigenvalue weighted by atomic mass is 9.95. The normalized spacial score (nSPS) is 18.1. The number of ether oxygens (including phenoxy) is 2. The molecule has 3 rings (SSSR count). The van der Waals surface area contributed by atoms with Gasteiger partial charge < -0.3 is 9.47 Å². The molecule has 0 aliphatic carbocycles. The van der Waals surface area contributed by atoms with Gasteiger partial charge in [0.25, 0.3) is 0 Å². The van der Waals surface area contributed by atoms with Crippen LogP contribution in [0.5, 0.6) is 0 Å². The van der Waals surface area contributed by atoms with E-state index in [1.807, 2.05) is 26.0 Å². The van der Waals surface area contributed by atoms with Crippen molar-refractivity contribution in [2.45, 2.75) is 26.5 Å². The Kier molecular flexibility index (Phi) is 5.51. The fraction of sp³-hybridized carbons (Fsp3) is 0.381. The second-order valence-corrected chi connectivity index (χ2v) is 6.60. The third kappa shape index (κ3) is 4.09. The van der Waals surface area contributed by atoms with Gasteiger partial charge in [-0.25, -0.2) is 4.79 Å². The maximum atomic E-state index is 11.9. The van der Waals surface area contributed by atoms with E-state index >= 15 is 0 Å². The highest BCUT2D eigenvalue weighted by atomic mass is 16.5. The molecular formula is C21H25NO3. The molecule has 1 saturated heterocycles. The van der Waals surface area contributed by atoms with Gasteiger partial charge in [0.05, 0.1) is 25.4 Å². The van der Waals surface area contributed by atoms with Gasteiger partial charge in [0, 0.05) is 19.6 Å². The molecule has 0 bridgehead atoms. The first-order valence-electron chi connectivity index (χ1n) is 8.66. The fourth-order valence-electron chi connectivity index (χ4n) is 3.39. The summed E-state index contributed by atoms with van der Waals surface area (Å²) in [5, 5.41) is 0. The molecule has 1 fully saturated rings. The van der Waals surface area contributed by atoms with Gasteiger partial charge >= 0.3 is 5.97 Å². The van der Waals surface area contributed by atoms with Crippen LogP contribution in [0.1, 0.15) is 38.7 Å². The summed E-state index contributed by atoms with van der Waals surface area (Å²) in [5.41, 5.74) is 5.09. The summed E-state index contributed by atoms with van der Waals surface area (Å²) in [4.78, 5) is 14.3. The number of benzene rings is 2. The minimum absolute atomic E-state index is 0.0304. The maximum absolute atomic E-state index is 11.9. The van der Waals surface area contributed by atoms with Gasteiger partial charge in [0.2, 0.25) is 0 Å². The van der Waals surface area contributed by atoms with E-state index in [0.29, 0.717) is 5.56 Å². The fourth-order valence-corrected chi connectivity index (χ4v) is 3.39. The average Bonchev–Trinajstić information content (AvgIpc) is 2.63. The molecule has 1 atom stereocenters. The Labute approximate surface area is 149 Å². The number of nitrogens with zero attached hydrogens (tertiary/aromatic N) is 1. The predicted octanol–water partition coefficient (Wildman–Crippen LogP) is 3.66. The van der Waals surface area contributed by atoms with Crippen molar-refractivity contribution in [1.82, 2.24) is 4.90 Å². The molecule has 4 heteroatoms. The molecule has 1 aliphatic heterocycles. The second kappa shape index (κ2) is 7.81. The number of aryl methyl sites for hydroxylation is 2. The van der Waals surface area contributed by atoms with Crippen molar-refractivity contribution in [2.24, 2.45) is 0 Å². The molecule has 1 unspecified atom stereocenters. The highest BCUT2D eigenvalue weighted by Crippen LogP contribution is 2.28.